The van der Waals surface area contributed by atoms with E-state index >= 15 is 0 Å². The van der Waals surface area contributed by atoms with E-state index in [1.54, 1.807) is 0 Å². The Hall–Kier alpha value is -7.82. The highest BCUT2D eigenvalue weighted by atomic mass is 16.3. The van der Waals surface area contributed by atoms with Gasteiger partial charge in [-0.05, 0) is 84.4 Å². The van der Waals surface area contributed by atoms with Crippen molar-refractivity contribution in [3.63, 3.8) is 0 Å². The van der Waals surface area contributed by atoms with E-state index in [0.29, 0.717) is 0 Å². The van der Waals surface area contributed by atoms with Crippen molar-refractivity contribution in [2.45, 2.75) is 0 Å². The van der Waals surface area contributed by atoms with Crippen LogP contribution in [0, 0.1) is 0 Å². The summed E-state index contributed by atoms with van der Waals surface area (Å²) in [6.45, 7) is 0. The van der Waals surface area contributed by atoms with Gasteiger partial charge in [-0.25, -0.2) is 0 Å². The highest BCUT2D eigenvalue weighted by Crippen LogP contribution is 2.45. The van der Waals surface area contributed by atoms with Crippen molar-refractivity contribution >= 4 is 87.4 Å². The monoisotopic (exact) mass is 739 g/mol. The third kappa shape index (κ3) is 4.23. The van der Waals surface area contributed by atoms with Gasteiger partial charge in [0.05, 0.1) is 49.9 Å². The Kier molecular flexibility index (Phi) is 6.41. The summed E-state index contributed by atoms with van der Waals surface area (Å²) in [5.74, 6) is 0. The minimum atomic E-state index is 0.892. The predicted molar refractivity (Wildman–Crippen MR) is 242 cm³/mol. The number of para-hydroxylation sites is 6. The number of hydrogen-bond donors (Lipinski definition) is 0. The van der Waals surface area contributed by atoms with Crippen molar-refractivity contribution in [2.24, 2.45) is 0 Å². The van der Waals surface area contributed by atoms with E-state index in [-0.39, 0.29) is 0 Å². The molecule has 9 aromatic carbocycles. The van der Waals surface area contributed by atoms with Crippen molar-refractivity contribution in [3.05, 3.63) is 200 Å². The molecule has 4 nitrogen and oxygen atoms in total. The van der Waals surface area contributed by atoms with Crippen LogP contribution >= 0.6 is 0 Å². The van der Waals surface area contributed by atoms with Crippen LogP contribution in [-0.4, -0.2) is 13.7 Å². The highest BCUT2D eigenvalue weighted by Gasteiger charge is 2.23. The SMILES string of the molecule is c1ccc(-n2c3ccccc3c3c4c5ccccc5n(-c5ccccc5-c5ccc6c(c5)c5ccccc5n6-c5cccc6oc7ccccc7c56)c4ccc32)cc1. The maximum Gasteiger partial charge on any atom is 0.137 e. The third-order valence-corrected chi connectivity index (χ3v) is 12.2. The molecule has 58 heavy (non-hydrogen) atoms. The smallest absolute Gasteiger partial charge is 0.137 e. The summed E-state index contributed by atoms with van der Waals surface area (Å²) in [4.78, 5) is 0. The lowest BCUT2D eigenvalue weighted by atomic mass is 10.0. The summed E-state index contributed by atoms with van der Waals surface area (Å²) in [6.07, 6.45) is 0. The topological polar surface area (TPSA) is 27.9 Å². The largest absolute Gasteiger partial charge is 0.456 e. The molecule has 4 heterocycles. The van der Waals surface area contributed by atoms with Gasteiger partial charge in [0.25, 0.3) is 0 Å². The van der Waals surface area contributed by atoms with E-state index < -0.39 is 0 Å². The first-order chi connectivity index (χ1) is 28.8. The van der Waals surface area contributed by atoms with Crippen LogP contribution in [0.3, 0.4) is 0 Å². The second-order valence-corrected chi connectivity index (χ2v) is 15.2. The van der Waals surface area contributed by atoms with Crippen LogP contribution in [0.2, 0.25) is 0 Å². The summed E-state index contributed by atoms with van der Waals surface area (Å²) in [5, 5.41) is 9.73. The number of benzene rings is 9. The molecule has 270 valence electrons. The lowest BCUT2D eigenvalue weighted by Crippen LogP contribution is -1.97. The molecular formula is C54H33N3O. The summed E-state index contributed by atoms with van der Waals surface area (Å²) < 4.78 is 13.6. The summed E-state index contributed by atoms with van der Waals surface area (Å²) in [7, 11) is 0. The summed E-state index contributed by atoms with van der Waals surface area (Å²) in [6, 6.07) is 72.4. The van der Waals surface area contributed by atoms with Gasteiger partial charge in [0, 0.05) is 49.0 Å². The van der Waals surface area contributed by atoms with Gasteiger partial charge in [-0.2, -0.15) is 0 Å². The molecule has 0 atom stereocenters. The fourth-order valence-corrected chi connectivity index (χ4v) is 9.89. The normalized spacial score (nSPS) is 12.1. The van der Waals surface area contributed by atoms with Gasteiger partial charge >= 0.3 is 0 Å². The number of hydrogen-bond acceptors (Lipinski definition) is 1. The first-order valence-electron chi connectivity index (χ1n) is 19.9. The number of rotatable bonds is 4. The maximum atomic E-state index is 6.35. The van der Waals surface area contributed by atoms with Crippen LogP contribution in [0.25, 0.3) is 116 Å². The molecule has 0 N–H and O–H groups in total. The van der Waals surface area contributed by atoms with Crippen LogP contribution in [0.1, 0.15) is 0 Å². The molecule has 0 radical (unpaired) electrons. The van der Waals surface area contributed by atoms with Gasteiger partial charge in [0.2, 0.25) is 0 Å². The van der Waals surface area contributed by atoms with Gasteiger partial charge in [-0.15, -0.1) is 0 Å². The Bertz CT molecular complexity index is 3800. The van der Waals surface area contributed by atoms with E-state index in [1.165, 1.54) is 71.0 Å². The molecule has 0 bridgehead atoms. The molecule has 13 rings (SSSR count). The molecular weight excluding hydrogens is 707 g/mol. The average molecular weight is 740 g/mol. The van der Waals surface area contributed by atoms with E-state index in [0.717, 1.165) is 44.5 Å². The number of furan rings is 1. The minimum absolute atomic E-state index is 0.892. The van der Waals surface area contributed by atoms with Crippen molar-refractivity contribution in [3.8, 4) is 28.2 Å². The lowest BCUT2D eigenvalue weighted by Gasteiger charge is -2.15. The fraction of sp³-hybridized carbons (Fsp3) is 0. The molecule has 0 unspecified atom stereocenters. The fourth-order valence-electron chi connectivity index (χ4n) is 9.89. The molecule has 4 heteroatoms. The van der Waals surface area contributed by atoms with Gasteiger partial charge in [-0.1, -0.05) is 121 Å². The number of aromatic nitrogens is 3. The zero-order chi connectivity index (χ0) is 37.9. The van der Waals surface area contributed by atoms with E-state index in [2.05, 4.69) is 208 Å². The Balaban J connectivity index is 1.07. The Morgan fingerprint density at radius 2 is 0.810 bits per heavy atom. The van der Waals surface area contributed by atoms with Gasteiger partial charge in [0.15, 0.2) is 0 Å². The third-order valence-electron chi connectivity index (χ3n) is 12.2. The van der Waals surface area contributed by atoms with Crippen LogP contribution in [0.15, 0.2) is 205 Å². The minimum Gasteiger partial charge on any atom is -0.456 e. The van der Waals surface area contributed by atoms with Gasteiger partial charge < -0.3 is 18.1 Å². The summed E-state index contributed by atoms with van der Waals surface area (Å²) in [5.41, 5.74) is 14.7. The first-order valence-corrected chi connectivity index (χ1v) is 19.9. The molecule has 0 spiro atoms. The van der Waals surface area contributed by atoms with E-state index in [1.807, 2.05) is 6.07 Å². The van der Waals surface area contributed by atoms with Crippen molar-refractivity contribution in [2.75, 3.05) is 0 Å². The highest BCUT2D eigenvalue weighted by molar-refractivity contribution is 6.29. The van der Waals surface area contributed by atoms with Crippen molar-refractivity contribution in [1.29, 1.82) is 0 Å². The second-order valence-electron chi connectivity index (χ2n) is 15.2. The Morgan fingerprint density at radius 3 is 1.59 bits per heavy atom. The van der Waals surface area contributed by atoms with Crippen molar-refractivity contribution < 1.29 is 4.42 Å². The van der Waals surface area contributed by atoms with Crippen LogP contribution in [0.5, 0.6) is 0 Å². The van der Waals surface area contributed by atoms with E-state index in [9.17, 15) is 0 Å². The number of fused-ring (bicyclic) bond motifs is 13. The lowest BCUT2D eigenvalue weighted by molar-refractivity contribution is 0.669. The molecule has 0 aliphatic heterocycles. The standard InChI is InChI=1S/C54H33N3O/c1-2-15-35(16-3-1)55-44-24-11-6-19-38(44)53-48(55)31-32-49-54(53)39-20-7-12-25-45(39)56(49)42-22-9-4-17-36(42)34-29-30-46-41(33-34)37-18-5-10-23-43(37)57(46)47-26-14-28-51-52(47)40-21-8-13-27-50(40)58-51/h1-33H. The molecule has 13 aromatic rings. The molecule has 0 amide bonds. The van der Waals surface area contributed by atoms with Gasteiger partial charge in [0.1, 0.15) is 11.2 Å². The number of nitrogens with zero attached hydrogens (tertiary/aromatic N) is 3. The molecule has 0 fully saturated rings. The first kappa shape index (κ1) is 31.4. The Morgan fingerprint density at radius 1 is 0.293 bits per heavy atom. The van der Waals surface area contributed by atoms with Crippen LogP contribution < -0.4 is 0 Å². The average Bonchev–Trinajstić information content (AvgIpc) is 4.03. The summed E-state index contributed by atoms with van der Waals surface area (Å²) >= 11 is 0. The van der Waals surface area contributed by atoms with Crippen molar-refractivity contribution in [1.82, 2.24) is 13.7 Å². The molecule has 0 saturated carbocycles. The zero-order valence-electron chi connectivity index (χ0n) is 31.3. The second kappa shape index (κ2) is 11.8. The van der Waals surface area contributed by atoms with Crippen LogP contribution in [0.4, 0.5) is 0 Å². The van der Waals surface area contributed by atoms with Crippen LogP contribution in [-0.2, 0) is 0 Å². The Labute approximate surface area is 332 Å². The molecule has 4 aromatic heterocycles. The molecule has 0 aliphatic carbocycles. The molecule has 0 aliphatic rings. The quantitative estimate of drug-likeness (QED) is 0.177. The maximum absolute atomic E-state index is 6.35. The van der Waals surface area contributed by atoms with E-state index in [4.69, 9.17) is 4.42 Å². The zero-order valence-corrected chi connectivity index (χ0v) is 31.3. The predicted octanol–water partition coefficient (Wildman–Crippen LogP) is 14.5. The molecule has 0 saturated heterocycles. The van der Waals surface area contributed by atoms with Gasteiger partial charge in [-0.3, -0.25) is 0 Å².